The van der Waals surface area contributed by atoms with E-state index in [0.717, 1.165) is 16.4 Å². The summed E-state index contributed by atoms with van der Waals surface area (Å²) in [5.74, 6) is 0.793. The summed E-state index contributed by atoms with van der Waals surface area (Å²) in [5, 5.41) is 3.51. The summed E-state index contributed by atoms with van der Waals surface area (Å²) in [6, 6.07) is 14.7. The minimum absolute atomic E-state index is 0.199. The molecule has 0 unspecified atom stereocenters. The Morgan fingerprint density at radius 1 is 1.22 bits per heavy atom. The molecular formula is C17H13N3O3. The lowest BCUT2D eigenvalue weighted by Crippen LogP contribution is -2.11. The monoisotopic (exact) mass is 307 g/mol. The number of hydrogen-bond acceptors (Lipinski definition) is 4. The van der Waals surface area contributed by atoms with Crippen LogP contribution in [0.4, 0.5) is 5.95 Å². The van der Waals surface area contributed by atoms with Gasteiger partial charge >= 0.3 is 0 Å². The van der Waals surface area contributed by atoms with Crippen molar-refractivity contribution < 1.29 is 13.9 Å². The molecule has 0 aliphatic carbocycles. The normalized spacial score (nSPS) is 11.0. The minimum Gasteiger partial charge on any atom is -0.493 e. The Kier molecular flexibility index (Phi) is 3.01. The number of carbonyl (C=O) groups is 1. The lowest BCUT2D eigenvalue weighted by atomic mass is 10.2. The second-order valence-corrected chi connectivity index (χ2v) is 5.05. The van der Waals surface area contributed by atoms with Crippen molar-refractivity contribution in [2.24, 2.45) is 0 Å². The predicted octanol–water partition coefficient (Wildman–Crippen LogP) is 3.57. The second kappa shape index (κ2) is 5.17. The molecule has 0 radical (unpaired) electrons. The van der Waals surface area contributed by atoms with Crippen molar-refractivity contribution in [2.45, 2.75) is 0 Å². The maximum Gasteiger partial charge on any atom is 0.293 e. The molecule has 0 saturated heterocycles. The van der Waals surface area contributed by atoms with E-state index in [1.807, 2.05) is 36.4 Å². The SMILES string of the molecule is COc1cccc2cc(C(=O)Nc3nc4ccccc4[nH]3)oc12. The Balaban J connectivity index is 1.66. The van der Waals surface area contributed by atoms with Gasteiger partial charge in [-0.25, -0.2) is 4.98 Å². The van der Waals surface area contributed by atoms with E-state index >= 15 is 0 Å². The molecule has 0 bridgehead atoms. The molecule has 0 spiro atoms. The highest BCUT2D eigenvalue weighted by atomic mass is 16.5. The molecule has 0 atom stereocenters. The Labute approximate surface area is 131 Å². The third-order valence-corrected chi connectivity index (χ3v) is 3.57. The molecule has 0 aliphatic rings. The van der Waals surface area contributed by atoms with E-state index in [1.54, 1.807) is 19.2 Å². The number of ether oxygens (including phenoxy) is 1. The second-order valence-electron chi connectivity index (χ2n) is 5.05. The number of anilines is 1. The number of benzene rings is 2. The molecular weight excluding hydrogens is 294 g/mol. The highest BCUT2D eigenvalue weighted by Gasteiger charge is 2.16. The zero-order chi connectivity index (χ0) is 15.8. The van der Waals surface area contributed by atoms with Gasteiger partial charge in [-0.3, -0.25) is 10.1 Å². The molecule has 4 rings (SSSR count). The average molecular weight is 307 g/mol. The largest absolute Gasteiger partial charge is 0.493 e. The number of rotatable bonds is 3. The minimum atomic E-state index is -0.373. The van der Waals surface area contributed by atoms with Crippen molar-refractivity contribution in [2.75, 3.05) is 12.4 Å². The summed E-state index contributed by atoms with van der Waals surface area (Å²) in [5.41, 5.74) is 2.19. The molecule has 1 amide bonds. The first-order chi connectivity index (χ1) is 11.2. The van der Waals surface area contributed by atoms with E-state index < -0.39 is 0 Å². The van der Waals surface area contributed by atoms with Crippen LogP contribution in [0.5, 0.6) is 5.75 Å². The summed E-state index contributed by atoms with van der Waals surface area (Å²) in [7, 11) is 1.56. The number of fused-ring (bicyclic) bond motifs is 2. The summed E-state index contributed by atoms with van der Waals surface area (Å²) < 4.78 is 10.9. The number of amides is 1. The number of aromatic nitrogens is 2. The third-order valence-electron chi connectivity index (χ3n) is 3.57. The summed E-state index contributed by atoms with van der Waals surface area (Å²) in [6.07, 6.45) is 0. The molecule has 114 valence electrons. The summed E-state index contributed by atoms with van der Waals surface area (Å²) in [4.78, 5) is 19.7. The van der Waals surface area contributed by atoms with Gasteiger partial charge in [0.15, 0.2) is 17.1 Å². The van der Waals surface area contributed by atoms with Crippen LogP contribution in [0.2, 0.25) is 0 Å². The summed E-state index contributed by atoms with van der Waals surface area (Å²) >= 11 is 0. The molecule has 6 heteroatoms. The van der Waals surface area contributed by atoms with E-state index in [9.17, 15) is 4.79 Å². The van der Waals surface area contributed by atoms with Crippen LogP contribution < -0.4 is 10.1 Å². The first-order valence-electron chi connectivity index (χ1n) is 7.07. The zero-order valence-electron chi connectivity index (χ0n) is 12.3. The van der Waals surface area contributed by atoms with E-state index in [1.165, 1.54) is 0 Å². The van der Waals surface area contributed by atoms with Gasteiger partial charge in [-0.15, -0.1) is 0 Å². The fraction of sp³-hybridized carbons (Fsp3) is 0.0588. The molecule has 6 nitrogen and oxygen atoms in total. The van der Waals surface area contributed by atoms with Gasteiger partial charge < -0.3 is 14.1 Å². The number of hydrogen-bond donors (Lipinski definition) is 2. The van der Waals surface area contributed by atoms with Crippen LogP contribution in [0.3, 0.4) is 0 Å². The molecule has 4 aromatic rings. The Morgan fingerprint density at radius 2 is 2.09 bits per heavy atom. The van der Waals surface area contributed by atoms with Gasteiger partial charge in [0.05, 0.1) is 18.1 Å². The number of nitrogens with zero attached hydrogens (tertiary/aromatic N) is 1. The number of para-hydroxylation sites is 3. The molecule has 2 heterocycles. The molecule has 2 aromatic heterocycles. The summed E-state index contributed by atoms with van der Waals surface area (Å²) in [6.45, 7) is 0. The van der Waals surface area contributed by atoms with E-state index in [-0.39, 0.29) is 11.7 Å². The van der Waals surface area contributed by atoms with Gasteiger partial charge in [-0.1, -0.05) is 24.3 Å². The number of furan rings is 1. The molecule has 0 fully saturated rings. The van der Waals surface area contributed by atoms with Crippen LogP contribution in [0.1, 0.15) is 10.6 Å². The van der Waals surface area contributed by atoms with Gasteiger partial charge in [-0.05, 0) is 24.3 Å². The van der Waals surface area contributed by atoms with Crippen molar-refractivity contribution in [1.29, 1.82) is 0 Å². The van der Waals surface area contributed by atoms with Crippen molar-refractivity contribution in [3.8, 4) is 5.75 Å². The van der Waals surface area contributed by atoms with Crippen LogP contribution in [-0.4, -0.2) is 23.0 Å². The van der Waals surface area contributed by atoms with Crippen molar-refractivity contribution in [3.63, 3.8) is 0 Å². The Hall–Kier alpha value is -3.28. The topological polar surface area (TPSA) is 80.1 Å². The quantitative estimate of drug-likeness (QED) is 0.606. The third kappa shape index (κ3) is 2.30. The lowest BCUT2D eigenvalue weighted by Gasteiger charge is -1.99. The van der Waals surface area contributed by atoms with Crippen LogP contribution in [0.25, 0.3) is 22.0 Å². The number of H-pyrrole nitrogens is 1. The van der Waals surface area contributed by atoms with Crippen LogP contribution in [0, 0.1) is 0 Å². The van der Waals surface area contributed by atoms with Gasteiger partial charge in [0.1, 0.15) is 0 Å². The van der Waals surface area contributed by atoms with E-state index in [0.29, 0.717) is 17.3 Å². The Bertz CT molecular complexity index is 983. The number of methoxy groups -OCH3 is 1. The number of imidazole rings is 1. The van der Waals surface area contributed by atoms with Gasteiger partial charge in [-0.2, -0.15) is 0 Å². The molecule has 2 aromatic carbocycles. The maximum absolute atomic E-state index is 12.4. The van der Waals surface area contributed by atoms with Crippen molar-refractivity contribution in [3.05, 3.63) is 54.3 Å². The fourth-order valence-corrected chi connectivity index (χ4v) is 2.49. The van der Waals surface area contributed by atoms with E-state index in [4.69, 9.17) is 9.15 Å². The average Bonchev–Trinajstić information content (AvgIpc) is 3.17. The highest BCUT2D eigenvalue weighted by molar-refractivity contribution is 6.04. The number of nitrogens with one attached hydrogen (secondary N) is 2. The first-order valence-corrected chi connectivity index (χ1v) is 7.07. The molecule has 2 N–H and O–H groups in total. The fourth-order valence-electron chi connectivity index (χ4n) is 2.49. The van der Waals surface area contributed by atoms with Crippen molar-refractivity contribution in [1.82, 2.24) is 9.97 Å². The number of aromatic amines is 1. The van der Waals surface area contributed by atoms with Gasteiger partial charge in [0, 0.05) is 5.39 Å². The molecule has 0 aliphatic heterocycles. The van der Waals surface area contributed by atoms with Crippen LogP contribution in [0.15, 0.2) is 52.9 Å². The van der Waals surface area contributed by atoms with Crippen LogP contribution in [-0.2, 0) is 0 Å². The van der Waals surface area contributed by atoms with Crippen LogP contribution >= 0.6 is 0 Å². The highest BCUT2D eigenvalue weighted by Crippen LogP contribution is 2.28. The number of carbonyl (C=O) groups excluding carboxylic acids is 1. The predicted molar refractivity (Wildman–Crippen MR) is 86.8 cm³/mol. The van der Waals surface area contributed by atoms with Gasteiger partial charge in [0.25, 0.3) is 5.91 Å². The Morgan fingerprint density at radius 3 is 2.91 bits per heavy atom. The standard InChI is InChI=1S/C17H13N3O3/c1-22-13-8-4-5-10-9-14(23-15(10)13)16(21)20-17-18-11-6-2-3-7-12(11)19-17/h2-9H,1H3,(H2,18,19,20,21). The lowest BCUT2D eigenvalue weighted by molar-refractivity contribution is 0.0998. The van der Waals surface area contributed by atoms with E-state index in [2.05, 4.69) is 15.3 Å². The van der Waals surface area contributed by atoms with Crippen molar-refractivity contribution >= 4 is 33.9 Å². The maximum atomic E-state index is 12.4. The molecule has 23 heavy (non-hydrogen) atoms. The smallest absolute Gasteiger partial charge is 0.293 e. The van der Waals surface area contributed by atoms with Gasteiger partial charge in [0.2, 0.25) is 5.95 Å². The first kappa shape index (κ1) is 13.4. The molecule has 0 saturated carbocycles. The zero-order valence-corrected chi connectivity index (χ0v) is 12.3.